The molecule has 5 nitrogen and oxygen atoms in total. The molecule has 0 aromatic heterocycles. The van der Waals surface area contributed by atoms with Gasteiger partial charge in [-0.3, -0.25) is 10.1 Å². The van der Waals surface area contributed by atoms with E-state index in [2.05, 4.69) is 4.74 Å². The van der Waals surface area contributed by atoms with Crippen LogP contribution in [0.2, 0.25) is 5.02 Å². The van der Waals surface area contributed by atoms with E-state index in [-0.39, 0.29) is 10.7 Å². The molecule has 2 aromatic carbocycles. The predicted octanol–water partition coefficient (Wildman–Crippen LogP) is 4.19. The zero-order chi connectivity index (χ0) is 15.4. The third kappa shape index (κ3) is 3.74. The number of halogens is 1. The number of nitro benzene ring substituents is 1. The van der Waals surface area contributed by atoms with Crippen LogP contribution in [0.25, 0.3) is 0 Å². The molecule has 0 spiro atoms. The molecule has 0 bridgehead atoms. The zero-order valence-corrected chi connectivity index (χ0v) is 12.5. The summed E-state index contributed by atoms with van der Waals surface area (Å²) in [7, 11) is 1.32. The Bertz CT molecular complexity index is 688. The number of carbonyl (C=O) groups excluding carboxylic acids is 1. The summed E-state index contributed by atoms with van der Waals surface area (Å²) < 4.78 is 4.62. The molecule has 21 heavy (non-hydrogen) atoms. The van der Waals surface area contributed by atoms with Crippen molar-refractivity contribution < 1.29 is 14.5 Å². The van der Waals surface area contributed by atoms with Gasteiger partial charge in [-0.15, -0.1) is 0 Å². The quantitative estimate of drug-likeness (QED) is 0.479. The van der Waals surface area contributed by atoms with Gasteiger partial charge in [0.05, 0.1) is 17.6 Å². The first-order valence-corrected chi connectivity index (χ1v) is 7.01. The van der Waals surface area contributed by atoms with Crippen molar-refractivity contribution >= 4 is 35.0 Å². The van der Waals surface area contributed by atoms with Crippen molar-refractivity contribution in [2.75, 3.05) is 7.11 Å². The fourth-order valence-corrected chi connectivity index (χ4v) is 2.78. The molecule has 0 saturated carbocycles. The molecule has 0 aliphatic carbocycles. The van der Waals surface area contributed by atoms with E-state index in [0.29, 0.717) is 5.56 Å². The molecule has 0 saturated heterocycles. The van der Waals surface area contributed by atoms with Crippen molar-refractivity contribution in [3.05, 3.63) is 63.2 Å². The summed E-state index contributed by atoms with van der Waals surface area (Å²) in [6, 6.07) is 11.4. The molecule has 0 fully saturated rings. The zero-order valence-electron chi connectivity index (χ0n) is 10.9. The second-order valence-corrected chi connectivity index (χ2v) is 5.54. The Morgan fingerprint density at radius 3 is 2.33 bits per heavy atom. The second-order valence-electron chi connectivity index (χ2n) is 3.99. The summed E-state index contributed by atoms with van der Waals surface area (Å²) in [5.74, 6) is -0.398. The van der Waals surface area contributed by atoms with Gasteiger partial charge in [0.25, 0.3) is 5.69 Å². The van der Waals surface area contributed by atoms with Gasteiger partial charge in [-0.2, -0.15) is 0 Å². The van der Waals surface area contributed by atoms with Crippen LogP contribution < -0.4 is 0 Å². The Kier molecular flexibility index (Phi) is 4.82. The minimum absolute atomic E-state index is 0.0937. The molecular formula is C14H10ClNO4S. The van der Waals surface area contributed by atoms with Gasteiger partial charge in [-0.1, -0.05) is 23.4 Å². The monoisotopic (exact) mass is 323 g/mol. The Hall–Kier alpha value is -2.05. The number of nitrogens with zero attached hydrogens (tertiary/aromatic N) is 1. The van der Waals surface area contributed by atoms with Gasteiger partial charge >= 0.3 is 5.97 Å². The standard InChI is InChI=1S/C14H10ClNO4S/c1-20-14(17)9-2-4-10(5-3-9)21-11-6-7-13(16(18)19)12(15)8-11/h2-8H,1H3. The fraction of sp³-hybridized carbons (Fsp3) is 0.0714. The number of rotatable bonds is 4. The van der Waals surface area contributed by atoms with Gasteiger partial charge in [0.2, 0.25) is 0 Å². The summed E-state index contributed by atoms with van der Waals surface area (Å²) >= 11 is 7.25. The lowest BCUT2D eigenvalue weighted by atomic mass is 10.2. The summed E-state index contributed by atoms with van der Waals surface area (Å²) in [4.78, 5) is 23.1. The number of ether oxygens (including phenoxy) is 1. The van der Waals surface area contributed by atoms with Crippen LogP contribution in [0.1, 0.15) is 10.4 Å². The lowest BCUT2D eigenvalue weighted by Crippen LogP contribution is -2.00. The average molecular weight is 324 g/mol. The van der Waals surface area contributed by atoms with Crippen molar-refractivity contribution in [2.45, 2.75) is 9.79 Å². The largest absolute Gasteiger partial charge is 0.465 e. The summed E-state index contributed by atoms with van der Waals surface area (Å²) in [5.41, 5.74) is 0.339. The fourth-order valence-electron chi connectivity index (χ4n) is 1.61. The molecule has 0 heterocycles. The number of carbonyl (C=O) groups is 1. The molecule has 2 rings (SSSR count). The number of methoxy groups -OCH3 is 1. The highest BCUT2D eigenvalue weighted by Gasteiger charge is 2.12. The molecule has 108 valence electrons. The molecular weight excluding hydrogens is 314 g/mol. The molecule has 7 heteroatoms. The van der Waals surface area contributed by atoms with Crippen LogP contribution in [-0.2, 0) is 4.74 Å². The van der Waals surface area contributed by atoms with Crippen LogP contribution in [0.5, 0.6) is 0 Å². The van der Waals surface area contributed by atoms with Gasteiger partial charge < -0.3 is 4.74 Å². The number of benzene rings is 2. The lowest BCUT2D eigenvalue weighted by Gasteiger charge is -2.04. The lowest BCUT2D eigenvalue weighted by molar-refractivity contribution is -0.384. The van der Waals surface area contributed by atoms with E-state index in [4.69, 9.17) is 11.6 Å². The minimum Gasteiger partial charge on any atom is -0.465 e. The van der Waals surface area contributed by atoms with Gasteiger partial charge in [-0.05, 0) is 36.4 Å². The molecule has 0 N–H and O–H groups in total. The van der Waals surface area contributed by atoms with Crippen LogP contribution in [-0.4, -0.2) is 18.0 Å². The maximum atomic E-state index is 11.3. The Labute approximate surface area is 130 Å². The average Bonchev–Trinajstić information content (AvgIpc) is 2.47. The maximum Gasteiger partial charge on any atom is 0.337 e. The van der Waals surface area contributed by atoms with E-state index in [1.165, 1.54) is 24.9 Å². The first kappa shape index (κ1) is 15.3. The minimum atomic E-state index is -0.526. The van der Waals surface area contributed by atoms with Crippen LogP contribution in [0, 0.1) is 10.1 Å². The molecule has 0 radical (unpaired) electrons. The molecule has 0 aliphatic heterocycles. The molecule has 0 amide bonds. The smallest absolute Gasteiger partial charge is 0.337 e. The van der Waals surface area contributed by atoms with Crippen LogP contribution in [0.4, 0.5) is 5.69 Å². The molecule has 0 unspecified atom stereocenters. The van der Waals surface area contributed by atoms with Crippen molar-refractivity contribution in [1.82, 2.24) is 0 Å². The van der Waals surface area contributed by atoms with Crippen molar-refractivity contribution in [3.63, 3.8) is 0 Å². The second kappa shape index (κ2) is 6.60. The molecule has 0 aliphatic rings. The first-order valence-electron chi connectivity index (χ1n) is 5.81. The van der Waals surface area contributed by atoms with E-state index in [9.17, 15) is 14.9 Å². The van der Waals surface area contributed by atoms with Crippen molar-refractivity contribution in [1.29, 1.82) is 0 Å². The van der Waals surface area contributed by atoms with Gasteiger partial charge in [0, 0.05) is 15.9 Å². The van der Waals surface area contributed by atoms with E-state index in [0.717, 1.165) is 9.79 Å². The van der Waals surface area contributed by atoms with Gasteiger partial charge in [0.1, 0.15) is 5.02 Å². The number of hydrogen-bond donors (Lipinski definition) is 0. The van der Waals surface area contributed by atoms with Gasteiger partial charge in [-0.25, -0.2) is 4.79 Å². The topological polar surface area (TPSA) is 69.4 Å². The van der Waals surface area contributed by atoms with Crippen molar-refractivity contribution in [3.8, 4) is 0 Å². The predicted molar refractivity (Wildman–Crippen MR) is 80.0 cm³/mol. The SMILES string of the molecule is COC(=O)c1ccc(Sc2ccc([N+](=O)[O-])c(Cl)c2)cc1. The maximum absolute atomic E-state index is 11.3. The Balaban J connectivity index is 2.17. The first-order chi connectivity index (χ1) is 10.0. The third-order valence-electron chi connectivity index (χ3n) is 2.63. The highest BCUT2D eigenvalue weighted by Crippen LogP contribution is 2.33. The van der Waals surface area contributed by atoms with Crippen molar-refractivity contribution in [2.24, 2.45) is 0 Å². The number of hydrogen-bond acceptors (Lipinski definition) is 5. The Morgan fingerprint density at radius 1 is 1.19 bits per heavy atom. The normalized spacial score (nSPS) is 10.2. The van der Waals surface area contributed by atoms with E-state index in [1.54, 1.807) is 36.4 Å². The number of nitro groups is 1. The van der Waals surface area contributed by atoms with Crippen LogP contribution in [0.15, 0.2) is 52.3 Å². The van der Waals surface area contributed by atoms with Crippen LogP contribution in [0.3, 0.4) is 0 Å². The number of esters is 1. The third-order valence-corrected chi connectivity index (χ3v) is 3.93. The van der Waals surface area contributed by atoms with E-state index in [1.807, 2.05) is 0 Å². The summed E-state index contributed by atoms with van der Waals surface area (Å²) in [6.45, 7) is 0. The summed E-state index contributed by atoms with van der Waals surface area (Å²) in [6.07, 6.45) is 0. The highest BCUT2D eigenvalue weighted by molar-refractivity contribution is 7.99. The van der Waals surface area contributed by atoms with Crippen LogP contribution >= 0.6 is 23.4 Å². The molecule has 2 aromatic rings. The molecule has 0 atom stereocenters. The highest BCUT2D eigenvalue weighted by atomic mass is 35.5. The van der Waals surface area contributed by atoms with Gasteiger partial charge in [0.15, 0.2) is 0 Å². The summed E-state index contributed by atoms with van der Waals surface area (Å²) in [5, 5.41) is 10.8. The van der Waals surface area contributed by atoms with E-state index >= 15 is 0 Å². The van der Waals surface area contributed by atoms with E-state index < -0.39 is 10.9 Å². The Morgan fingerprint density at radius 2 is 1.81 bits per heavy atom.